The molecule has 3 heteroatoms. The molecule has 0 amide bonds. The van der Waals surface area contributed by atoms with Crippen LogP contribution in [-0.4, -0.2) is 11.9 Å². The third-order valence-corrected chi connectivity index (χ3v) is 2.54. The third-order valence-electron chi connectivity index (χ3n) is 2.54. The van der Waals surface area contributed by atoms with Crippen LogP contribution in [0.15, 0.2) is 0 Å². The van der Waals surface area contributed by atoms with Crippen molar-refractivity contribution in [1.29, 1.82) is 0 Å². The Morgan fingerprint density at radius 1 is 1.08 bits per heavy atom. The molecular weight excluding hydrogens is 156 g/mol. The van der Waals surface area contributed by atoms with Crippen molar-refractivity contribution in [2.45, 2.75) is 27.7 Å². The van der Waals surface area contributed by atoms with Gasteiger partial charge >= 0.3 is 11.9 Å². The van der Waals surface area contributed by atoms with Crippen LogP contribution in [0.1, 0.15) is 27.7 Å². The highest BCUT2D eigenvalue weighted by atomic mass is 16.6. The molecule has 0 aromatic heterocycles. The molecule has 0 bridgehead atoms. The Labute approximate surface area is 72.1 Å². The van der Waals surface area contributed by atoms with Crippen LogP contribution in [0.5, 0.6) is 0 Å². The number of carbonyl (C=O) groups is 2. The van der Waals surface area contributed by atoms with Crippen molar-refractivity contribution in [2.24, 2.45) is 17.3 Å². The van der Waals surface area contributed by atoms with Crippen molar-refractivity contribution >= 4 is 11.9 Å². The molecule has 1 saturated carbocycles. The highest BCUT2D eigenvalue weighted by molar-refractivity contribution is 6.02. The van der Waals surface area contributed by atoms with Gasteiger partial charge in [0.25, 0.3) is 0 Å². The van der Waals surface area contributed by atoms with E-state index in [0.717, 1.165) is 0 Å². The van der Waals surface area contributed by atoms with Crippen molar-refractivity contribution in [1.82, 2.24) is 0 Å². The number of hydrogen-bond acceptors (Lipinski definition) is 3. The van der Waals surface area contributed by atoms with Crippen molar-refractivity contribution in [3.8, 4) is 0 Å². The zero-order valence-corrected chi connectivity index (χ0v) is 7.88. The van der Waals surface area contributed by atoms with E-state index >= 15 is 0 Å². The monoisotopic (exact) mass is 170 g/mol. The molecule has 68 valence electrons. The van der Waals surface area contributed by atoms with Crippen LogP contribution in [-0.2, 0) is 14.3 Å². The summed E-state index contributed by atoms with van der Waals surface area (Å²) in [6.45, 7) is 7.83. The SMILES string of the molecule is CC.CC1(C)C2C(=O)OC(=O)C21. The summed E-state index contributed by atoms with van der Waals surface area (Å²) >= 11 is 0. The molecule has 1 saturated heterocycles. The van der Waals surface area contributed by atoms with Gasteiger partial charge in [-0.1, -0.05) is 27.7 Å². The average Bonchev–Trinajstić information content (AvgIpc) is 2.42. The zero-order valence-electron chi connectivity index (χ0n) is 7.88. The molecule has 1 heterocycles. The summed E-state index contributed by atoms with van der Waals surface area (Å²) in [5.41, 5.74) is -0.119. The Morgan fingerprint density at radius 3 is 1.58 bits per heavy atom. The predicted octanol–water partition coefficient (Wildman–Crippen LogP) is 1.37. The van der Waals surface area contributed by atoms with Gasteiger partial charge in [0.1, 0.15) is 0 Å². The number of carbonyl (C=O) groups excluding carboxylic acids is 2. The van der Waals surface area contributed by atoms with Gasteiger partial charge in [0.15, 0.2) is 0 Å². The molecule has 1 aliphatic heterocycles. The summed E-state index contributed by atoms with van der Waals surface area (Å²) in [6.07, 6.45) is 0. The molecule has 2 rings (SSSR count). The number of ether oxygens (including phenoxy) is 1. The number of cyclic esters (lactones) is 2. The van der Waals surface area contributed by atoms with Gasteiger partial charge < -0.3 is 4.74 Å². The van der Waals surface area contributed by atoms with Crippen molar-refractivity contribution in [2.75, 3.05) is 0 Å². The van der Waals surface area contributed by atoms with Crippen molar-refractivity contribution in [3.05, 3.63) is 0 Å². The molecule has 0 radical (unpaired) electrons. The summed E-state index contributed by atoms with van der Waals surface area (Å²) in [5.74, 6) is -0.944. The Kier molecular flexibility index (Phi) is 1.98. The smallest absolute Gasteiger partial charge is 0.318 e. The van der Waals surface area contributed by atoms with E-state index in [-0.39, 0.29) is 29.2 Å². The van der Waals surface area contributed by atoms with Gasteiger partial charge in [-0.2, -0.15) is 0 Å². The highest BCUT2D eigenvalue weighted by Crippen LogP contribution is 2.62. The minimum absolute atomic E-state index is 0.119. The van der Waals surface area contributed by atoms with E-state index in [1.54, 1.807) is 0 Å². The molecule has 2 atom stereocenters. The summed E-state index contributed by atoms with van der Waals surface area (Å²) < 4.78 is 4.38. The largest absolute Gasteiger partial charge is 0.393 e. The van der Waals surface area contributed by atoms with Crippen LogP contribution < -0.4 is 0 Å². The fourth-order valence-electron chi connectivity index (χ4n) is 1.74. The Morgan fingerprint density at radius 2 is 1.42 bits per heavy atom. The fourth-order valence-corrected chi connectivity index (χ4v) is 1.74. The van der Waals surface area contributed by atoms with Gasteiger partial charge in [0.05, 0.1) is 11.8 Å². The van der Waals surface area contributed by atoms with Crippen LogP contribution in [0.3, 0.4) is 0 Å². The molecule has 0 aromatic rings. The Hall–Kier alpha value is -0.860. The molecule has 12 heavy (non-hydrogen) atoms. The van der Waals surface area contributed by atoms with E-state index in [9.17, 15) is 9.59 Å². The molecule has 0 N–H and O–H groups in total. The second-order valence-corrected chi connectivity index (χ2v) is 3.52. The van der Waals surface area contributed by atoms with Gasteiger partial charge in [-0.15, -0.1) is 0 Å². The second-order valence-electron chi connectivity index (χ2n) is 3.52. The summed E-state index contributed by atoms with van der Waals surface area (Å²) in [6, 6.07) is 0. The van der Waals surface area contributed by atoms with E-state index in [1.165, 1.54) is 0 Å². The second kappa shape index (κ2) is 2.57. The average molecular weight is 170 g/mol. The molecule has 2 fully saturated rings. The summed E-state index contributed by atoms with van der Waals surface area (Å²) in [4.78, 5) is 21.6. The first-order valence-corrected chi connectivity index (χ1v) is 4.30. The fraction of sp³-hybridized carbons (Fsp3) is 0.778. The molecule has 1 aliphatic carbocycles. The highest BCUT2D eigenvalue weighted by Gasteiger charge is 2.72. The first-order valence-electron chi connectivity index (χ1n) is 4.30. The minimum atomic E-state index is -0.333. The first kappa shape index (κ1) is 9.23. The van der Waals surface area contributed by atoms with Crippen LogP contribution >= 0.6 is 0 Å². The van der Waals surface area contributed by atoms with E-state index in [2.05, 4.69) is 4.74 Å². The normalized spacial score (nSPS) is 34.7. The van der Waals surface area contributed by atoms with Gasteiger partial charge in [0, 0.05) is 0 Å². The number of fused-ring (bicyclic) bond motifs is 1. The van der Waals surface area contributed by atoms with Gasteiger partial charge in [0.2, 0.25) is 0 Å². The quantitative estimate of drug-likeness (QED) is 0.407. The van der Waals surface area contributed by atoms with Crippen molar-refractivity contribution in [3.63, 3.8) is 0 Å². The topological polar surface area (TPSA) is 43.4 Å². The lowest BCUT2D eigenvalue weighted by Gasteiger charge is -2.04. The maximum Gasteiger partial charge on any atom is 0.318 e. The molecule has 2 unspecified atom stereocenters. The maximum absolute atomic E-state index is 10.8. The van der Waals surface area contributed by atoms with Crippen molar-refractivity contribution < 1.29 is 14.3 Å². The van der Waals surface area contributed by atoms with E-state index in [1.807, 2.05) is 27.7 Å². The van der Waals surface area contributed by atoms with E-state index in [4.69, 9.17) is 0 Å². The number of hydrogen-bond donors (Lipinski definition) is 0. The summed E-state index contributed by atoms with van der Waals surface area (Å²) in [7, 11) is 0. The standard InChI is InChI=1S/C7H8O3.C2H6/c1-7(2)3-4(7)6(9)10-5(3)8;1-2/h3-4H,1-2H3;1-2H3. The number of rotatable bonds is 0. The van der Waals surface area contributed by atoms with Gasteiger partial charge in [-0.25, -0.2) is 0 Å². The minimum Gasteiger partial charge on any atom is -0.393 e. The molecular formula is C9H14O3. The lowest BCUT2D eigenvalue weighted by Crippen LogP contribution is -2.14. The van der Waals surface area contributed by atoms with E-state index < -0.39 is 0 Å². The van der Waals surface area contributed by atoms with E-state index in [0.29, 0.717) is 0 Å². The third kappa shape index (κ3) is 0.958. The molecule has 0 spiro atoms. The van der Waals surface area contributed by atoms with Crippen LogP contribution in [0.2, 0.25) is 0 Å². The molecule has 2 aliphatic rings. The maximum atomic E-state index is 10.8. The first-order chi connectivity index (χ1) is 5.55. The lowest BCUT2D eigenvalue weighted by atomic mass is 10.1. The van der Waals surface area contributed by atoms with Gasteiger partial charge in [-0.3, -0.25) is 9.59 Å². The van der Waals surface area contributed by atoms with Crippen LogP contribution in [0.4, 0.5) is 0 Å². The Bertz CT molecular complexity index is 208. The summed E-state index contributed by atoms with van der Waals surface area (Å²) in [5, 5.41) is 0. The molecule has 0 aromatic carbocycles. The van der Waals surface area contributed by atoms with Crippen LogP contribution in [0.25, 0.3) is 0 Å². The lowest BCUT2D eigenvalue weighted by molar-refractivity contribution is -0.157. The zero-order chi connectivity index (χ0) is 9.52. The number of esters is 2. The van der Waals surface area contributed by atoms with Gasteiger partial charge in [-0.05, 0) is 5.41 Å². The predicted molar refractivity (Wildman–Crippen MR) is 43.2 cm³/mol. The molecule has 3 nitrogen and oxygen atoms in total. The van der Waals surface area contributed by atoms with Crippen LogP contribution in [0, 0.1) is 17.3 Å². The Balaban J connectivity index is 0.000000336.